The third-order valence-corrected chi connectivity index (χ3v) is 2.80. The zero-order chi connectivity index (χ0) is 14.1. The molecule has 0 aromatic heterocycles. The Morgan fingerprint density at radius 1 is 1.37 bits per heavy atom. The quantitative estimate of drug-likeness (QED) is 0.531. The Morgan fingerprint density at radius 2 is 2.05 bits per heavy atom. The maximum Gasteiger partial charge on any atom is 0.234 e. The number of hydrogen-bond acceptors (Lipinski definition) is 4. The molecule has 0 unspecified atom stereocenters. The van der Waals surface area contributed by atoms with Crippen LogP contribution in [0.1, 0.15) is 5.56 Å². The molecule has 0 bridgehead atoms. The molecule has 0 fully saturated rings. The van der Waals surface area contributed by atoms with E-state index in [9.17, 15) is 4.79 Å². The number of benzene rings is 1. The van der Waals surface area contributed by atoms with E-state index in [0.717, 1.165) is 18.7 Å². The lowest BCUT2D eigenvalue weighted by molar-refractivity contribution is -0.122. The Morgan fingerprint density at radius 3 is 2.68 bits per heavy atom. The van der Waals surface area contributed by atoms with Crippen LogP contribution in [-0.2, 0) is 16.0 Å². The monoisotopic (exact) mass is 265 g/mol. The van der Waals surface area contributed by atoms with Gasteiger partial charge in [0.05, 0.1) is 13.2 Å². The van der Waals surface area contributed by atoms with Gasteiger partial charge in [-0.1, -0.05) is 12.1 Å². The minimum Gasteiger partial charge on any atom is -0.399 e. The number of methoxy groups -OCH3 is 1. The molecule has 1 amide bonds. The normalized spacial score (nSPS) is 10.7. The molecule has 0 saturated heterocycles. The van der Waals surface area contributed by atoms with Gasteiger partial charge in [0.15, 0.2) is 0 Å². The van der Waals surface area contributed by atoms with Crippen LogP contribution >= 0.6 is 0 Å². The number of nitrogens with one attached hydrogen (secondary N) is 1. The molecule has 0 aliphatic rings. The highest BCUT2D eigenvalue weighted by Gasteiger charge is 2.05. The topological polar surface area (TPSA) is 67.6 Å². The maximum atomic E-state index is 11.6. The summed E-state index contributed by atoms with van der Waals surface area (Å²) in [6.45, 7) is 2.34. The van der Waals surface area contributed by atoms with E-state index < -0.39 is 0 Å². The molecule has 0 saturated carbocycles. The lowest BCUT2D eigenvalue weighted by Gasteiger charge is -2.16. The van der Waals surface area contributed by atoms with E-state index in [0.29, 0.717) is 19.7 Å². The Kier molecular flexibility index (Phi) is 6.92. The molecule has 5 nitrogen and oxygen atoms in total. The number of nitrogen functional groups attached to an aromatic ring is 1. The number of amides is 1. The van der Waals surface area contributed by atoms with Crippen LogP contribution in [0.5, 0.6) is 0 Å². The molecule has 1 aromatic carbocycles. The number of carbonyl (C=O) groups is 1. The molecular formula is C14H23N3O2. The van der Waals surface area contributed by atoms with Gasteiger partial charge in [-0.15, -0.1) is 0 Å². The molecule has 0 aliphatic heterocycles. The minimum atomic E-state index is 0.0249. The van der Waals surface area contributed by atoms with Crippen molar-refractivity contribution in [2.24, 2.45) is 0 Å². The molecule has 0 aliphatic carbocycles. The van der Waals surface area contributed by atoms with Gasteiger partial charge in [0, 0.05) is 25.9 Å². The summed E-state index contributed by atoms with van der Waals surface area (Å²) in [5.41, 5.74) is 7.63. The number of nitrogens with zero attached hydrogens (tertiary/aromatic N) is 1. The molecule has 0 atom stereocenters. The molecule has 0 heterocycles. The zero-order valence-electron chi connectivity index (χ0n) is 11.7. The lowest BCUT2D eigenvalue weighted by Crippen LogP contribution is -2.37. The Bertz CT molecular complexity index is 379. The third kappa shape index (κ3) is 6.79. The van der Waals surface area contributed by atoms with Crippen LogP contribution < -0.4 is 11.1 Å². The fraction of sp³-hybridized carbons (Fsp3) is 0.500. The average Bonchev–Trinajstić information content (AvgIpc) is 2.38. The maximum absolute atomic E-state index is 11.6. The first-order valence-corrected chi connectivity index (χ1v) is 6.40. The van der Waals surface area contributed by atoms with Gasteiger partial charge in [0.1, 0.15) is 0 Å². The van der Waals surface area contributed by atoms with Crippen LogP contribution in [0.15, 0.2) is 24.3 Å². The molecule has 106 valence electrons. The number of hydrogen-bond donors (Lipinski definition) is 2. The zero-order valence-corrected chi connectivity index (χ0v) is 11.7. The molecule has 1 aromatic rings. The fourth-order valence-corrected chi connectivity index (χ4v) is 1.68. The second-order valence-electron chi connectivity index (χ2n) is 4.57. The Labute approximate surface area is 114 Å². The fourth-order valence-electron chi connectivity index (χ4n) is 1.68. The van der Waals surface area contributed by atoms with E-state index in [2.05, 4.69) is 5.32 Å². The second kappa shape index (κ2) is 8.50. The van der Waals surface area contributed by atoms with Gasteiger partial charge in [-0.05, 0) is 31.2 Å². The van der Waals surface area contributed by atoms with Gasteiger partial charge in [0.25, 0.3) is 0 Å². The number of rotatable bonds is 8. The molecule has 0 spiro atoms. The summed E-state index contributed by atoms with van der Waals surface area (Å²) < 4.78 is 4.87. The van der Waals surface area contributed by atoms with Gasteiger partial charge in [-0.2, -0.15) is 0 Å². The lowest BCUT2D eigenvalue weighted by atomic mass is 10.1. The van der Waals surface area contributed by atoms with Crippen molar-refractivity contribution in [3.05, 3.63) is 29.8 Å². The predicted molar refractivity (Wildman–Crippen MR) is 76.9 cm³/mol. The van der Waals surface area contributed by atoms with Crippen LogP contribution in [0.4, 0.5) is 5.69 Å². The highest BCUT2D eigenvalue weighted by Crippen LogP contribution is 2.06. The number of likely N-dealkylation sites (N-methyl/N-ethyl adjacent to an activating group) is 1. The van der Waals surface area contributed by atoms with Crippen LogP contribution in [0.25, 0.3) is 0 Å². The standard InChI is InChI=1S/C14H23N3O2/c1-17(11-14(18)16-8-10-19-2)9-7-12-3-5-13(15)6-4-12/h3-6H,7-11,15H2,1-2H3,(H,16,18). The van der Waals surface area contributed by atoms with Crippen molar-refractivity contribution in [3.8, 4) is 0 Å². The van der Waals surface area contributed by atoms with Gasteiger partial charge in [-0.25, -0.2) is 0 Å². The van der Waals surface area contributed by atoms with Crippen LogP contribution in [-0.4, -0.2) is 51.2 Å². The summed E-state index contributed by atoms with van der Waals surface area (Å²) >= 11 is 0. The van der Waals surface area contributed by atoms with Crippen LogP contribution in [0, 0.1) is 0 Å². The van der Waals surface area contributed by atoms with Crippen LogP contribution in [0.3, 0.4) is 0 Å². The van der Waals surface area contributed by atoms with E-state index >= 15 is 0 Å². The van der Waals surface area contributed by atoms with Gasteiger partial charge in [0.2, 0.25) is 5.91 Å². The van der Waals surface area contributed by atoms with Crippen molar-refractivity contribution in [2.75, 3.05) is 46.1 Å². The molecule has 5 heteroatoms. The van der Waals surface area contributed by atoms with Crippen molar-refractivity contribution >= 4 is 11.6 Å². The highest BCUT2D eigenvalue weighted by molar-refractivity contribution is 5.77. The number of nitrogens with two attached hydrogens (primary N) is 1. The van der Waals surface area contributed by atoms with Crippen molar-refractivity contribution in [2.45, 2.75) is 6.42 Å². The first kappa shape index (κ1) is 15.5. The minimum absolute atomic E-state index is 0.0249. The SMILES string of the molecule is COCCNC(=O)CN(C)CCc1ccc(N)cc1. The van der Waals surface area contributed by atoms with Crippen molar-refractivity contribution in [1.82, 2.24) is 10.2 Å². The van der Waals surface area contributed by atoms with Gasteiger partial charge >= 0.3 is 0 Å². The summed E-state index contributed by atoms with van der Waals surface area (Å²) in [6, 6.07) is 7.82. The summed E-state index contributed by atoms with van der Waals surface area (Å²) in [5.74, 6) is 0.0249. The first-order chi connectivity index (χ1) is 9.11. The second-order valence-corrected chi connectivity index (χ2v) is 4.57. The van der Waals surface area contributed by atoms with E-state index in [1.165, 1.54) is 5.56 Å². The van der Waals surface area contributed by atoms with Gasteiger partial charge in [-0.3, -0.25) is 9.69 Å². The average molecular weight is 265 g/mol. The summed E-state index contributed by atoms with van der Waals surface area (Å²) in [5, 5.41) is 2.80. The third-order valence-electron chi connectivity index (χ3n) is 2.80. The summed E-state index contributed by atoms with van der Waals surface area (Å²) in [6.07, 6.45) is 0.905. The van der Waals surface area contributed by atoms with E-state index in [4.69, 9.17) is 10.5 Å². The van der Waals surface area contributed by atoms with Gasteiger partial charge < -0.3 is 15.8 Å². The molecule has 1 rings (SSSR count). The smallest absolute Gasteiger partial charge is 0.234 e. The molecular weight excluding hydrogens is 242 g/mol. The van der Waals surface area contributed by atoms with E-state index in [1.807, 2.05) is 36.2 Å². The summed E-state index contributed by atoms with van der Waals surface area (Å²) in [4.78, 5) is 13.6. The van der Waals surface area contributed by atoms with Crippen molar-refractivity contribution in [3.63, 3.8) is 0 Å². The molecule has 3 N–H and O–H groups in total. The van der Waals surface area contributed by atoms with Crippen molar-refractivity contribution in [1.29, 1.82) is 0 Å². The van der Waals surface area contributed by atoms with E-state index in [1.54, 1.807) is 7.11 Å². The number of anilines is 1. The predicted octanol–water partition coefficient (Wildman–Crippen LogP) is 0.506. The first-order valence-electron chi connectivity index (χ1n) is 6.40. The van der Waals surface area contributed by atoms with Crippen molar-refractivity contribution < 1.29 is 9.53 Å². The Balaban J connectivity index is 2.21. The highest BCUT2D eigenvalue weighted by atomic mass is 16.5. The van der Waals surface area contributed by atoms with E-state index in [-0.39, 0.29) is 5.91 Å². The molecule has 19 heavy (non-hydrogen) atoms. The molecule has 0 radical (unpaired) electrons. The largest absolute Gasteiger partial charge is 0.399 e. The summed E-state index contributed by atoms with van der Waals surface area (Å²) in [7, 11) is 3.55. The number of carbonyl (C=O) groups excluding carboxylic acids is 1. The van der Waals surface area contributed by atoms with Crippen LogP contribution in [0.2, 0.25) is 0 Å². The number of ether oxygens (including phenoxy) is 1. The Hall–Kier alpha value is -1.59.